The van der Waals surface area contributed by atoms with Crippen LogP contribution in [-0.2, 0) is 11.8 Å². The second-order valence-electron chi connectivity index (χ2n) is 5.45. The quantitative estimate of drug-likeness (QED) is 0.534. The number of hydrogen-bond acceptors (Lipinski definition) is 1. The Bertz CT molecular complexity index is 452. The Morgan fingerprint density at radius 2 is 2.29 bits per heavy atom. The maximum Gasteiger partial charge on any atom is 0.174 e. The summed E-state index contributed by atoms with van der Waals surface area (Å²) in [4.78, 5) is 0. The number of hydrogen-bond donors (Lipinski definition) is 0. The molecular formula is C15H20NO+. The van der Waals surface area contributed by atoms with Crippen molar-refractivity contribution in [3.63, 3.8) is 0 Å². The monoisotopic (exact) mass is 230 g/mol. The maximum atomic E-state index is 6.10. The van der Waals surface area contributed by atoms with E-state index in [0.29, 0.717) is 5.92 Å². The molecule has 3 rings (SSSR count). The molecule has 0 radical (unpaired) electrons. The summed E-state index contributed by atoms with van der Waals surface area (Å²) >= 11 is 0. The zero-order valence-corrected chi connectivity index (χ0v) is 10.6. The van der Waals surface area contributed by atoms with Crippen LogP contribution in [-0.4, -0.2) is 6.61 Å². The highest BCUT2D eigenvalue weighted by atomic mass is 16.5. The molecule has 0 aromatic carbocycles. The van der Waals surface area contributed by atoms with E-state index in [1.54, 1.807) is 0 Å². The number of rotatable bonds is 1. The predicted octanol–water partition coefficient (Wildman–Crippen LogP) is 2.55. The van der Waals surface area contributed by atoms with Crippen LogP contribution >= 0.6 is 0 Å². The average molecular weight is 230 g/mol. The molecule has 2 bridgehead atoms. The van der Waals surface area contributed by atoms with E-state index in [-0.39, 0.29) is 6.10 Å². The van der Waals surface area contributed by atoms with E-state index in [0.717, 1.165) is 12.5 Å². The number of fused-ring (bicyclic) bond motifs is 2. The minimum Gasteiger partial charge on any atom is -0.372 e. The van der Waals surface area contributed by atoms with Crippen LogP contribution < -0.4 is 4.57 Å². The third-order valence-corrected chi connectivity index (χ3v) is 4.11. The molecule has 0 saturated carbocycles. The Labute approximate surface area is 103 Å². The number of aryl methyl sites for hydroxylation is 1. The van der Waals surface area contributed by atoms with Gasteiger partial charge >= 0.3 is 0 Å². The van der Waals surface area contributed by atoms with Crippen molar-refractivity contribution < 1.29 is 9.30 Å². The molecule has 1 fully saturated rings. The van der Waals surface area contributed by atoms with Crippen LogP contribution in [0.5, 0.6) is 0 Å². The van der Waals surface area contributed by atoms with Gasteiger partial charge in [0.1, 0.15) is 7.05 Å². The molecule has 2 aliphatic rings. The number of aromatic nitrogens is 1. The fourth-order valence-corrected chi connectivity index (χ4v) is 3.11. The molecule has 1 saturated heterocycles. The molecule has 1 aliphatic heterocycles. The second kappa shape index (κ2) is 4.26. The van der Waals surface area contributed by atoms with Gasteiger partial charge in [-0.2, -0.15) is 0 Å². The van der Waals surface area contributed by atoms with Gasteiger partial charge in [0.05, 0.1) is 12.7 Å². The van der Waals surface area contributed by atoms with Gasteiger partial charge in [-0.15, -0.1) is 0 Å². The third-order valence-electron chi connectivity index (χ3n) is 4.11. The van der Waals surface area contributed by atoms with Crippen LogP contribution in [0.25, 0.3) is 0 Å². The summed E-state index contributed by atoms with van der Waals surface area (Å²) in [5, 5.41) is 0. The second-order valence-corrected chi connectivity index (χ2v) is 5.45. The first kappa shape index (κ1) is 11.0. The van der Waals surface area contributed by atoms with E-state index in [1.807, 2.05) is 0 Å². The van der Waals surface area contributed by atoms with Crippen molar-refractivity contribution in [3.8, 4) is 0 Å². The molecule has 0 N–H and O–H groups in total. The van der Waals surface area contributed by atoms with E-state index in [2.05, 4.69) is 49.1 Å². The summed E-state index contributed by atoms with van der Waals surface area (Å²) in [5.74, 6) is 1.34. The highest BCUT2D eigenvalue weighted by Gasteiger charge is 2.36. The van der Waals surface area contributed by atoms with Crippen LogP contribution in [0.2, 0.25) is 0 Å². The van der Waals surface area contributed by atoms with Crippen molar-refractivity contribution >= 4 is 0 Å². The predicted molar refractivity (Wildman–Crippen MR) is 66.3 cm³/mol. The van der Waals surface area contributed by atoms with Gasteiger partial charge in [0.25, 0.3) is 0 Å². The van der Waals surface area contributed by atoms with Crippen LogP contribution in [0.15, 0.2) is 36.2 Å². The molecular weight excluding hydrogens is 210 g/mol. The summed E-state index contributed by atoms with van der Waals surface area (Å²) in [6, 6.07) is 4.29. The first-order valence-corrected chi connectivity index (χ1v) is 6.47. The minimum absolute atomic E-state index is 0.259. The largest absolute Gasteiger partial charge is 0.372 e. The summed E-state index contributed by atoms with van der Waals surface area (Å²) in [6.07, 6.45) is 9.43. The smallest absolute Gasteiger partial charge is 0.174 e. The summed E-state index contributed by atoms with van der Waals surface area (Å²) in [5.41, 5.74) is 2.82. The Hall–Kier alpha value is -1.15. The van der Waals surface area contributed by atoms with Crippen LogP contribution in [0.4, 0.5) is 0 Å². The molecule has 2 nitrogen and oxygen atoms in total. The molecule has 0 unspecified atom stereocenters. The molecule has 0 spiro atoms. The number of ether oxygens (including phenoxy) is 1. The first-order chi connectivity index (χ1) is 8.24. The Morgan fingerprint density at radius 3 is 3.12 bits per heavy atom. The number of allylic oxidation sites excluding steroid dienone is 1. The van der Waals surface area contributed by atoms with Crippen LogP contribution in [0, 0.1) is 11.8 Å². The molecule has 1 aromatic rings. The zero-order valence-electron chi connectivity index (χ0n) is 10.6. The highest BCUT2D eigenvalue weighted by molar-refractivity contribution is 5.20. The molecule has 90 valence electrons. The van der Waals surface area contributed by atoms with E-state index in [1.165, 1.54) is 24.0 Å². The molecule has 1 aliphatic carbocycles. The van der Waals surface area contributed by atoms with Gasteiger partial charge in [0.15, 0.2) is 12.4 Å². The Kier molecular flexibility index (Phi) is 2.75. The summed E-state index contributed by atoms with van der Waals surface area (Å²) < 4.78 is 8.21. The van der Waals surface area contributed by atoms with E-state index >= 15 is 0 Å². The van der Waals surface area contributed by atoms with Gasteiger partial charge < -0.3 is 4.74 Å². The lowest BCUT2D eigenvalue weighted by molar-refractivity contribution is -0.672. The van der Waals surface area contributed by atoms with Gasteiger partial charge in [-0.3, -0.25) is 0 Å². The van der Waals surface area contributed by atoms with Crippen molar-refractivity contribution in [2.75, 3.05) is 6.61 Å². The van der Waals surface area contributed by atoms with Gasteiger partial charge in [0.2, 0.25) is 0 Å². The van der Waals surface area contributed by atoms with Gasteiger partial charge in [-0.05, 0) is 31.7 Å². The third kappa shape index (κ3) is 2.02. The van der Waals surface area contributed by atoms with E-state index in [4.69, 9.17) is 4.74 Å². The van der Waals surface area contributed by atoms with E-state index < -0.39 is 0 Å². The molecule has 0 amide bonds. The van der Waals surface area contributed by atoms with E-state index in [9.17, 15) is 0 Å². The molecule has 2 heteroatoms. The van der Waals surface area contributed by atoms with Crippen LogP contribution in [0.1, 0.15) is 31.4 Å². The van der Waals surface area contributed by atoms with Gasteiger partial charge in [-0.25, -0.2) is 4.57 Å². The molecule has 1 aromatic heterocycles. The van der Waals surface area contributed by atoms with Crippen LogP contribution in [0.3, 0.4) is 0 Å². The van der Waals surface area contributed by atoms with Crippen molar-refractivity contribution in [2.24, 2.45) is 18.9 Å². The van der Waals surface area contributed by atoms with Crippen molar-refractivity contribution in [1.82, 2.24) is 0 Å². The summed E-state index contributed by atoms with van der Waals surface area (Å²) in [7, 11) is 2.07. The zero-order chi connectivity index (χ0) is 11.8. The normalized spacial score (nSPS) is 32.1. The highest BCUT2D eigenvalue weighted by Crippen LogP contribution is 2.43. The van der Waals surface area contributed by atoms with Gasteiger partial charge in [0, 0.05) is 17.5 Å². The fourth-order valence-electron chi connectivity index (χ4n) is 3.11. The maximum absolute atomic E-state index is 6.10. The lowest BCUT2D eigenvalue weighted by Crippen LogP contribution is -2.34. The topological polar surface area (TPSA) is 13.1 Å². The van der Waals surface area contributed by atoms with Crippen molar-refractivity contribution in [2.45, 2.75) is 25.9 Å². The SMILES string of the molecule is CC1=CC[C@@H]2CO[C@H](c3ccc[n+](C)c3)[C@@H]1C2. The Balaban J connectivity index is 1.93. The first-order valence-electron chi connectivity index (χ1n) is 6.47. The Morgan fingerprint density at radius 1 is 1.41 bits per heavy atom. The number of pyridine rings is 1. The minimum atomic E-state index is 0.259. The molecule has 17 heavy (non-hydrogen) atoms. The lowest BCUT2D eigenvalue weighted by Gasteiger charge is -2.39. The summed E-state index contributed by atoms with van der Waals surface area (Å²) in [6.45, 7) is 3.18. The number of nitrogens with zero attached hydrogens (tertiary/aromatic N) is 1. The average Bonchev–Trinajstić information content (AvgIpc) is 2.34. The lowest BCUT2D eigenvalue weighted by atomic mass is 9.75. The van der Waals surface area contributed by atoms with Crippen molar-refractivity contribution in [3.05, 3.63) is 41.7 Å². The standard InChI is InChI=1S/C15H20NO/c1-11-5-6-12-8-14(11)15(17-10-12)13-4-3-7-16(2)9-13/h3-5,7,9,12,14-15H,6,8,10H2,1-2H3/q+1/t12-,14+,15+/m0/s1. The molecule has 2 heterocycles. The van der Waals surface area contributed by atoms with Crippen molar-refractivity contribution in [1.29, 1.82) is 0 Å². The van der Waals surface area contributed by atoms with Gasteiger partial charge in [-0.1, -0.05) is 11.6 Å². The fraction of sp³-hybridized carbons (Fsp3) is 0.533. The molecule has 3 atom stereocenters.